The van der Waals surface area contributed by atoms with Crippen LogP contribution in [0.5, 0.6) is 0 Å². The molecule has 1 aliphatic rings. The Bertz CT molecular complexity index is 818. The molecule has 4 heteroatoms. The number of likely N-dealkylation sites (tertiary alicyclic amines) is 1. The van der Waals surface area contributed by atoms with Crippen LogP contribution in [-0.2, 0) is 6.54 Å². The number of benzene rings is 1. The first kappa shape index (κ1) is 16.3. The van der Waals surface area contributed by atoms with Gasteiger partial charge in [-0.15, -0.1) is 0 Å². The largest absolute Gasteiger partial charge is 0.309 e. The van der Waals surface area contributed by atoms with Crippen molar-refractivity contribution in [3.05, 3.63) is 71.7 Å². The highest BCUT2D eigenvalue weighted by molar-refractivity contribution is 5.42. The van der Waals surface area contributed by atoms with Gasteiger partial charge in [-0.25, -0.2) is 4.98 Å². The van der Waals surface area contributed by atoms with E-state index in [0.29, 0.717) is 6.04 Å². The molecule has 0 unspecified atom stereocenters. The van der Waals surface area contributed by atoms with Gasteiger partial charge in [0.15, 0.2) is 0 Å². The van der Waals surface area contributed by atoms with Gasteiger partial charge in [0.1, 0.15) is 5.65 Å². The number of hydrogen-bond acceptors (Lipinski definition) is 3. The van der Waals surface area contributed by atoms with Gasteiger partial charge in [-0.3, -0.25) is 4.90 Å². The molecule has 0 saturated carbocycles. The Balaban J connectivity index is 1.48. The molecule has 1 aromatic carbocycles. The highest BCUT2D eigenvalue weighted by atomic mass is 15.2. The maximum atomic E-state index is 4.66. The van der Waals surface area contributed by atoms with E-state index in [4.69, 9.17) is 0 Å². The van der Waals surface area contributed by atoms with Crippen LogP contribution in [0.2, 0.25) is 0 Å². The van der Waals surface area contributed by atoms with Crippen LogP contribution < -0.4 is 5.32 Å². The first-order valence-corrected chi connectivity index (χ1v) is 9.25. The number of fused-ring (bicyclic) bond motifs is 1. The monoisotopic (exact) mass is 334 g/mol. The second-order valence-corrected chi connectivity index (χ2v) is 6.87. The van der Waals surface area contributed by atoms with Crippen molar-refractivity contribution in [2.75, 3.05) is 19.6 Å². The minimum Gasteiger partial charge on any atom is -0.309 e. The lowest BCUT2D eigenvalue weighted by atomic mass is 10.1. The molecule has 1 atom stereocenters. The Morgan fingerprint density at radius 3 is 2.60 bits per heavy atom. The standard InChI is InChI=1S/C21H26N4/c1-17-19(25-14-6-5-11-21(25)23-17)15-22-16-20(24-12-7-8-13-24)18-9-3-2-4-10-18/h2-6,9-11,14,20,22H,7-8,12-13,15-16H2,1H3/t20-/m1/s1. The summed E-state index contributed by atoms with van der Waals surface area (Å²) < 4.78 is 2.19. The number of rotatable bonds is 6. The predicted molar refractivity (Wildman–Crippen MR) is 102 cm³/mol. The number of nitrogens with one attached hydrogen (secondary N) is 1. The number of aryl methyl sites for hydroxylation is 1. The molecule has 3 heterocycles. The van der Waals surface area contributed by atoms with Crippen LogP contribution in [0.1, 0.15) is 35.8 Å². The van der Waals surface area contributed by atoms with E-state index in [9.17, 15) is 0 Å². The van der Waals surface area contributed by atoms with Crippen molar-refractivity contribution in [3.63, 3.8) is 0 Å². The number of pyridine rings is 1. The van der Waals surface area contributed by atoms with Crippen LogP contribution in [0.25, 0.3) is 5.65 Å². The van der Waals surface area contributed by atoms with E-state index in [1.807, 2.05) is 6.07 Å². The van der Waals surface area contributed by atoms with Gasteiger partial charge in [-0.2, -0.15) is 0 Å². The molecule has 0 amide bonds. The summed E-state index contributed by atoms with van der Waals surface area (Å²) in [6.45, 7) is 6.31. The average molecular weight is 334 g/mol. The van der Waals surface area contributed by atoms with Crippen molar-refractivity contribution in [2.45, 2.75) is 32.4 Å². The van der Waals surface area contributed by atoms with E-state index in [0.717, 1.165) is 24.4 Å². The zero-order chi connectivity index (χ0) is 17.1. The molecule has 4 nitrogen and oxygen atoms in total. The predicted octanol–water partition coefficient (Wildman–Crippen LogP) is 3.57. The maximum Gasteiger partial charge on any atom is 0.137 e. The highest BCUT2D eigenvalue weighted by Gasteiger charge is 2.23. The molecular formula is C21H26N4. The van der Waals surface area contributed by atoms with Crippen LogP contribution in [0.3, 0.4) is 0 Å². The minimum absolute atomic E-state index is 0.447. The third-order valence-corrected chi connectivity index (χ3v) is 5.22. The summed E-state index contributed by atoms with van der Waals surface area (Å²) in [7, 11) is 0. The molecule has 2 aromatic heterocycles. The van der Waals surface area contributed by atoms with Crippen LogP contribution in [0.4, 0.5) is 0 Å². The van der Waals surface area contributed by atoms with Crippen LogP contribution in [0.15, 0.2) is 54.7 Å². The smallest absolute Gasteiger partial charge is 0.137 e. The summed E-state index contributed by atoms with van der Waals surface area (Å²) >= 11 is 0. The van der Waals surface area contributed by atoms with Gasteiger partial charge in [-0.05, 0) is 50.6 Å². The Morgan fingerprint density at radius 1 is 1.04 bits per heavy atom. The minimum atomic E-state index is 0.447. The first-order chi connectivity index (χ1) is 12.3. The van der Waals surface area contributed by atoms with E-state index >= 15 is 0 Å². The van der Waals surface area contributed by atoms with Gasteiger partial charge < -0.3 is 9.72 Å². The quantitative estimate of drug-likeness (QED) is 0.748. The molecule has 0 aliphatic carbocycles. The topological polar surface area (TPSA) is 32.6 Å². The number of hydrogen-bond donors (Lipinski definition) is 1. The lowest BCUT2D eigenvalue weighted by Crippen LogP contribution is -2.34. The second kappa shape index (κ2) is 7.38. The third kappa shape index (κ3) is 3.46. The summed E-state index contributed by atoms with van der Waals surface area (Å²) in [5.41, 5.74) is 4.79. The Kier molecular flexibility index (Phi) is 4.81. The molecule has 25 heavy (non-hydrogen) atoms. The average Bonchev–Trinajstić information content (AvgIpc) is 3.27. The summed E-state index contributed by atoms with van der Waals surface area (Å²) in [4.78, 5) is 7.27. The van der Waals surface area contributed by atoms with Crippen molar-refractivity contribution in [3.8, 4) is 0 Å². The molecule has 0 radical (unpaired) electrons. The molecule has 1 fully saturated rings. The zero-order valence-electron chi connectivity index (χ0n) is 14.9. The summed E-state index contributed by atoms with van der Waals surface area (Å²) in [6.07, 6.45) is 4.73. The number of aromatic nitrogens is 2. The first-order valence-electron chi connectivity index (χ1n) is 9.25. The maximum absolute atomic E-state index is 4.66. The zero-order valence-corrected chi connectivity index (χ0v) is 14.9. The van der Waals surface area contributed by atoms with E-state index in [1.165, 1.54) is 37.2 Å². The van der Waals surface area contributed by atoms with Crippen molar-refractivity contribution in [2.24, 2.45) is 0 Å². The fourth-order valence-corrected chi connectivity index (χ4v) is 3.89. The Hall–Kier alpha value is -2.17. The molecule has 3 aromatic rings. The van der Waals surface area contributed by atoms with Gasteiger partial charge >= 0.3 is 0 Å². The lowest BCUT2D eigenvalue weighted by molar-refractivity contribution is 0.238. The fourth-order valence-electron chi connectivity index (χ4n) is 3.89. The number of nitrogens with zero attached hydrogens (tertiary/aromatic N) is 3. The lowest BCUT2D eigenvalue weighted by Gasteiger charge is -2.28. The van der Waals surface area contributed by atoms with Crippen LogP contribution in [0, 0.1) is 6.92 Å². The van der Waals surface area contributed by atoms with E-state index in [-0.39, 0.29) is 0 Å². The van der Waals surface area contributed by atoms with Crippen molar-refractivity contribution >= 4 is 5.65 Å². The van der Waals surface area contributed by atoms with Crippen molar-refractivity contribution in [1.82, 2.24) is 19.6 Å². The molecule has 0 spiro atoms. The van der Waals surface area contributed by atoms with E-state index in [2.05, 4.69) is 75.2 Å². The normalized spacial score (nSPS) is 16.5. The van der Waals surface area contributed by atoms with Crippen LogP contribution >= 0.6 is 0 Å². The Labute approximate surface area is 149 Å². The van der Waals surface area contributed by atoms with Gasteiger partial charge in [0.25, 0.3) is 0 Å². The summed E-state index contributed by atoms with van der Waals surface area (Å²) in [5.74, 6) is 0. The SMILES string of the molecule is Cc1nc2ccccn2c1CNC[C@H](c1ccccc1)N1CCCC1. The Morgan fingerprint density at radius 2 is 1.80 bits per heavy atom. The van der Waals surface area contributed by atoms with Gasteiger partial charge in [0, 0.05) is 25.3 Å². The van der Waals surface area contributed by atoms with E-state index < -0.39 is 0 Å². The molecular weight excluding hydrogens is 308 g/mol. The van der Waals surface area contributed by atoms with E-state index in [1.54, 1.807) is 0 Å². The summed E-state index contributed by atoms with van der Waals surface area (Å²) in [5, 5.41) is 3.69. The molecule has 1 aliphatic heterocycles. The molecule has 1 N–H and O–H groups in total. The van der Waals surface area contributed by atoms with Gasteiger partial charge in [-0.1, -0.05) is 36.4 Å². The fraction of sp³-hybridized carbons (Fsp3) is 0.381. The van der Waals surface area contributed by atoms with Crippen molar-refractivity contribution < 1.29 is 0 Å². The number of imidazole rings is 1. The van der Waals surface area contributed by atoms with Gasteiger partial charge in [0.2, 0.25) is 0 Å². The molecule has 0 bridgehead atoms. The molecule has 4 rings (SSSR count). The third-order valence-electron chi connectivity index (χ3n) is 5.22. The highest BCUT2D eigenvalue weighted by Crippen LogP contribution is 2.24. The van der Waals surface area contributed by atoms with Crippen molar-refractivity contribution in [1.29, 1.82) is 0 Å². The summed E-state index contributed by atoms with van der Waals surface area (Å²) in [6, 6.07) is 17.5. The molecule has 130 valence electrons. The van der Waals surface area contributed by atoms with Crippen LogP contribution in [-0.4, -0.2) is 33.9 Å². The second-order valence-electron chi connectivity index (χ2n) is 6.87. The van der Waals surface area contributed by atoms with Gasteiger partial charge in [0.05, 0.1) is 11.4 Å². The molecule has 1 saturated heterocycles.